The van der Waals surface area contributed by atoms with Crippen LogP contribution in [0.25, 0.3) is 10.2 Å². The molecule has 0 amide bonds. The maximum absolute atomic E-state index is 11.3. The van der Waals surface area contributed by atoms with Gasteiger partial charge in [0.1, 0.15) is 0 Å². The maximum Gasteiger partial charge on any atom is 0.305 e. The monoisotopic (exact) mass is 292 g/mol. The summed E-state index contributed by atoms with van der Waals surface area (Å²) in [5.41, 5.74) is 2.29. The molecule has 2 aromatic rings. The number of hydrogen-bond acceptors (Lipinski definition) is 3. The fourth-order valence-corrected chi connectivity index (χ4v) is 3.42. The molecule has 0 aliphatic rings. The standard InChI is InChI=1S/C16H24N2OS/c1-3-9-18(10-4-2)11-5-6-13-7-8-14-15(12-13)20-16(19)17-14/h7-8,12H,3-6,9-11H2,1-2H3,(H,17,19). The number of thiazole rings is 1. The predicted octanol–water partition coefficient (Wildman–Crippen LogP) is 3.64. The number of benzene rings is 1. The molecule has 0 saturated heterocycles. The molecule has 1 heterocycles. The minimum Gasteiger partial charge on any atom is -0.312 e. The first-order valence-corrected chi connectivity index (χ1v) is 8.38. The second kappa shape index (κ2) is 7.60. The van der Waals surface area contributed by atoms with Crippen LogP contribution in [-0.4, -0.2) is 29.5 Å². The minimum absolute atomic E-state index is 0.0363. The highest BCUT2D eigenvalue weighted by Crippen LogP contribution is 2.17. The van der Waals surface area contributed by atoms with Crippen molar-refractivity contribution in [3.8, 4) is 0 Å². The van der Waals surface area contributed by atoms with Crippen LogP contribution in [0.3, 0.4) is 0 Å². The predicted molar refractivity (Wildman–Crippen MR) is 87.8 cm³/mol. The molecule has 0 bridgehead atoms. The van der Waals surface area contributed by atoms with E-state index in [9.17, 15) is 4.79 Å². The van der Waals surface area contributed by atoms with E-state index < -0.39 is 0 Å². The van der Waals surface area contributed by atoms with Crippen molar-refractivity contribution in [2.75, 3.05) is 19.6 Å². The molecule has 2 rings (SSSR count). The largest absolute Gasteiger partial charge is 0.312 e. The van der Waals surface area contributed by atoms with Gasteiger partial charge in [-0.25, -0.2) is 0 Å². The van der Waals surface area contributed by atoms with Crippen molar-refractivity contribution in [3.63, 3.8) is 0 Å². The Bertz CT molecular complexity index is 581. The first-order valence-electron chi connectivity index (χ1n) is 7.57. The summed E-state index contributed by atoms with van der Waals surface area (Å²) in [7, 11) is 0. The lowest BCUT2D eigenvalue weighted by atomic mass is 10.1. The average Bonchev–Trinajstić information content (AvgIpc) is 2.78. The Balaban J connectivity index is 1.89. The van der Waals surface area contributed by atoms with Crippen LogP contribution in [0.15, 0.2) is 23.0 Å². The number of aryl methyl sites for hydroxylation is 1. The van der Waals surface area contributed by atoms with Gasteiger partial charge in [-0.3, -0.25) is 4.79 Å². The van der Waals surface area contributed by atoms with Crippen LogP contribution in [0, 0.1) is 0 Å². The fraction of sp³-hybridized carbons (Fsp3) is 0.562. The Hall–Kier alpha value is -1.13. The van der Waals surface area contributed by atoms with Crippen LogP contribution in [-0.2, 0) is 6.42 Å². The molecule has 0 atom stereocenters. The van der Waals surface area contributed by atoms with Crippen LogP contribution < -0.4 is 4.87 Å². The highest BCUT2D eigenvalue weighted by Gasteiger charge is 2.04. The summed E-state index contributed by atoms with van der Waals surface area (Å²) in [6.07, 6.45) is 4.73. The number of aromatic amines is 1. The topological polar surface area (TPSA) is 36.1 Å². The highest BCUT2D eigenvalue weighted by atomic mass is 32.1. The summed E-state index contributed by atoms with van der Waals surface area (Å²) < 4.78 is 1.08. The molecule has 1 aromatic heterocycles. The minimum atomic E-state index is 0.0363. The quantitative estimate of drug-likeness (QED) is 0.806. The van der Waals surface area contributed by atoms with Crippen LogP contribution in [0.5, 0.6) is 0 Å². The van der Waals surface area contributed by atoms with Gasteiger partial charge in [-0.1, -0.05) is 31.3 Å². The second-order valence-electron chi connectivity index (χ2n) is 5.29. The van der Waals surface area contributed by atoms with Gasteiger partial charge in [0.2, 0.25) is 0 Å². The third kappa shape index (κ3) is 4.18. The summed E-state index contributed by atoms with van der Waals surface area (Å²) >= 11 is 1.30. The smallest absolute Gasteiger partial charge is 0.305 e. The van der Waals surface area contributed by atoms with Gasteiger partial charge in [0.25, 0.3) is 0 Å². The van der Waals surface area contributed by atoms with Gasteiger partial charge in [-0.2, -0.15) is 0 Å². The molecular weight excluding hydrogens is 268 g/mol. The first kappa shape index (κ1) is 15.3. The zero-order valence-corrected chi connectivity index (χ0v) is 13.3. The number of aromatic nitrogens is 1. The van der Waals surface area contributed by atoms with Gasteiger partial charge in [0.15, 0.2) is 0 Å². The van der Waals surface area contributed by atoms with E-state index in [-0.39, 0.29) is 4.87 Å². The van der Waals surface area contributed by atoms with Gasteiger partial charge in [0.05, 0.1) is 10.2 Å². The van der Waals surface area contributed by atoms with Crippen molar-refractivity contribution in [3.05, 3.63) is 33.4 Å². The van der Waals surface area contributed by atoms with Crippen molar-refractivity contribution >= 4 is 21.6 Å². The summed E-state index contributed by atoms with van der Waals surface area (Å²) in [6.45, 7) is 8.05. The molecular formula is C16H24N2OS. The summed E-state index contributed by atoms with van der Waals surface area (Å²) in [4.78, 5) is 16.7. The lowest BCUT2D eigenvalue weighted by molar-refractivity contribution is 0.271. The Morgan fingerprint density at radius 2 is 1.90 bits per heavy atom. The van der Waals surface area contributed by atoms with Crippen LogP contribution in [0.2, 0.25) is 0 Å². The lowest BCUT2D eigenvalue weighted by Crippen LogP contribution is -2.26. The van der Waals surface area contributed by atoms with Crippen molar-refractivity contribution < 1.29 is 0 Å². The van der Waals surface area contributed by atoms with Crippen molar-refractivity contribution in [1.82, 2.24) is 9.88 Å². The van der Waals surface area contributed by atoms with E-state index in [1.807, 2.05) is 6.07 Å². The number of nitrogens with zero attached hydrogens (tertiary/aromatic N) is 1. The third-order valence-electron chi connectivity index (χ3n) is 3.50. The average molecular weight is 292 g/mol. The Kier molecular flexibility index (Phi) is 5.80. The molecule has 0 unspecified atom stereocenters. The van der Waals surface area contributed by atoms with Gasteiger partial charge < -0.3 is 9.88 Å². The van der Waals surface area contributed by atoms with E-state index in [4.69, 9.17) is 0 Å². The number of rotatable bonds is 8. The van der Waals surface area contributed by atoms with Crippen molar-refractivity contribution in [2.45, 2.75) is 39.5 Å². The Morgan fingerprint density at radius 1 is 1.15 bits per heavy atom. The molecule has 1 N–H and O–H groups in total. The molecule has 0 fully saturated rings. The number of fused-ring (bicyclic) bond motifs is 1. The molecule has 0 spiro atoms. The Morgan fingerprint density at radius 3 is 2.60 bits per heavy atom. The SMILES string of the molecule is CCCN(CCC)CCCc1ccc2[nH]c(=O)sc2c1. The molecule has 1 aromatic carbocycles. The van der Waals surface area contributed by atoms with E-state index in [1.54, 1.807) is 0 Å². The molecule has 0 radical (unpaired) electrons. The lowest BCUT2D eigenvalue weighted by Gasteiger charge is -2.20. The van der Waals surface area contributed by atoms with E-state index in [1.165, 1.54) is 55.8 Å². The molecule has 110 valence electrons. The summed E-state index contributed by atoms with van der Waals surface area (Å²) in [6, 6.07) is 6.31. The molecule has 0 aliphatic heterocycles. The van der Waals surface area contributed by atoms with Crippen LogP contribution >= 0.6 is 11.3 Å². The van der Waals surface area contributed by atoms with E-state index >= 15 is 0 Å². The highest BCUT2D eigenvalue weighted by molar-refractivity contribution is 7.16. The molecule has 4 heteroatoms. The number of H-pyrrole nitrogens is 1. The maximum atomic E-state index is 11.3. The van der Waals surface area contributed by atoms with E-state index in [0.717, 1.165) is 16.6 Å². The van der Waals surface area contributed by atoms with Crippen LogP contribution in [0.1, 0.15) is 38.7 Å². The fourth-order valence-electron chi connectivity index (χ4n) is 2.62. The molecule has 3 nitrogen and oxygen atoms in total. The Labute approximate surface area is 124 Å². The zero-order valence-electron chi connectivity index (χ0n) is 12.4. The summed E-state index contributed by atoms with van der Waals surface area (Å²) in [5, 5.41) is 0. The van der Waals surface area contributed by atoms with Gasteiger partial charge >= 0.3 is 4.87 Å². The normalized spacial score (nSPS) is 11.6. The van der Waals surface area contributed by atoms with E-state index in [2.05, 4.69) is 35.9 Å². The molecule has 0 saturated carbocycles. The zero-order chi connectivity index (χ0) is 14.4. The van der Waals surface area contributed by atoms with Crippen molar-refractivity contribution in [2.24, 2.45) is 0 Å². The van der Waals surface area contributed by atoms with Gasteiger partial charge in [0, 0.05) is 0 Å². The number of hydrogen-bond donors (Lipinski definition) is 1. The van der Waals surface area contributed by atoms with Gasteiger partial charge in [-0.15, -0.1) is 0 Å². The second-order valence-corrected chi connectivity index (χ2v) is 6.30. The summed E-state index contributed by atoms with van der Waals surface area (Å²) in [5.74, 6) is 0. The number of nitrogens with one attached hydrogen (secondary N) is 1. The van der Waals surface area contributed by atoms with Crippen LogP contribution in [0.4, 0.5) is 0 Å². The molecule has 20 heavy (non-hydrogen) atoms. The third-order valence-corrected chi connectivity index (χ3v) is 4.35. The molecule has 0 aliphatic carbocycles. The van der Waals surface area contributed by atoms with E-state index in [0.29, 0.717) is 0 Å². The van der Waals surface area contributed by atoms with Crippen molar-refractivity contribution in [1.29, 1.82) is 0 Å². The first-order chi connectivity index (χ1) is 9.72. The van der Waals surface area contributed by atoms with Gasteiger partial charge in [-0.05, 0) is 63.0 Å².